The van der Waals surface area contributed by atoms with E-state index in [4.69, 9.17) is 4.98 Å². The largest absolute Gasteiger partial charge is 0.390 e. The summed E-state index contributed by atoms with van der Waals surface area (Å²) in [6, 6.07) is 6.65. The Kier molecular flexibility index (Phi) is 3.34. The van der Waals surface area contributed by atoms with Crippen LogP contribution in [0, 0.1) is 5.92 Å². The third kappa shape index (κ3) is 2.13. The molecule has 1 saturated carbocycles. The lowest BCUT2D eigenvalue weighted by Crippen LogP contribution is -2.47. The normalized spacial score (nSPS) is 26.0. The molecule has 1 saturated heterocycles. The molecule has 0 spiro atoms. The van der Waals surface area contributed by atoms with Crippen molar-refractivity contribution in [2.75, 3.05) is 11.4 Å². The molecule has 3 heterocycles. The van der Waals surface area contributed by atoms with Gasteiger partial charge in [0.25, 0.3) is 0 Å². The Balaban J connectivity index is 1.77. The van der Waals surface area contributed by atoms with Gasteiger partial charge in [0.1, 0.15) is 5.65 Å². The van der Waals surface area contributed by atoms with Gasteiger partial charge in [0.05, 0.1) is 12.3 Å². The van der Waals surface area contributed by atoms with E-state index in [2.05, 4.69) is 4.90 Å². The molecule has 2 aromatic rings. The number of anilines is 1. The zero-order valence-corrected chi connectivity index (χ0v) is 12.4. The maximum Gasteiger partial charge on any atom is 0.153 e. The van der Waals surface area contributed by atoms with E-state index in [1.165, 1.54) is 38.5 Å². The molecule has 4 nitrogen and oxygen atoms in total. The number of nitrogens with zero attached hydrogens (tertiary/aromatic N) is 3. The zero-order chi connectivity index (χ0) is 14.2. The molecule has 21 heavy (non-hydrogen) atoms. The van der Waals surface area contributed by atoms with E-state index in [-0.39, 0.29) is 6.61 Å². The minimum absolute atomic E-state index is 0.0500. The van der Waals surface area contributed by atoms with Crippen LogP contribution in [0.15, 0.2) is 24.4 Å². The van der Waals surface area contributed by atoms with Crippen LogP contribution in [0.2, 0.25) is 0 Å². The zero-order valence-electron chi connectivity index (χ0n) is 12.4. The van der Waals surface area contributed by atoms with Gasteiger partial charge in [-0.15, -0.1) is 0 Å². The molecule has 4 rings (SSSR count). The minimum atomic E-state index is 0.0500. The second kappa shape index (κ2) is 5.34. The van der Waals surface area contributed by atoms with Crippen molar-refractivity contribution in [2.45, 2.75) is 51.2 Å². The number of fused-ring (bicyclic) bond motifs is 2. The molecule has 1 aliphatic carbocycles. The lowest BCUT2D eigenvalue weighted by Gasteiger charge is -2.44. The average molecular weight is 285 g/mol. The van der Waals surface area contributed by atoms with Crippen LogP contribution >= 0.6 is 0 Å². The number of rotatable bonds is 2. The van der Waals surface area contributed by atoms with Crippen LogP contribution in [0.1, 0.15) is 44.2 Å². The Morgan fingerprint density at radius 2 is 2.00 bits per heavy atom. The molecule has 2 unspecified atom stereocenters. The first kappa shape index (κ1) is 13.1. The van der Waals surface area contributed by atoms with Crippen molar-refractivity contribution in [2.24, 2.45) is 5.92 Å². The fraction of sp³-hybridized carbons (Fsp3) is 0.588. The summed E-state index contributed by atoms with van der Waals surface area (Å²) in [5, 5.41) is 9.84. The second-order valence-corrected chi connectivity index (χ2v) is 6.42. The van der Waals surface area contributed by atoms with E-state index in [0.717, 1.165) is 29.6 Å². The summed E-state index contributed by atoms with van der Waals surface area (Å²) in [4.78, 5) is 7.32. The number of aliphatic hydroxyl groups is 1. The minimum Gasteiger partial charge on any atom is -0.390 e. The Labute approximate surface area is 125 Å². The molecule has 1 N–H and O–H groups in total. The van der Waals surface area contributed by atoms with Crippen LogP contribution in [-0.2, 0) is 6.61 Å². The Morgan fingerprint density at radius 1 is 1.14 bits per heavy atom. The summed E-state index contributed by atoms with van der Waals surface area (Å²) in [6.07, 6.45) is 9.97. The molecule has 2 fully saturated rings. The van der Waals surface area contributed by atoms with Gasteiger partial charge in [0.2, 0.25) is 0 Å². The Hall–Kier alpha value is -1.55. The standard InChI is InChI=1S/C17H23N3O/c21-12-15-17(18-16-9-3-4-10-19(15)16)20-11-5-7-13-6-1-2-8-14(13)20/h3-4,9-10,13-14,21H,1-2,5-8,11-12H2. The van der Waals surface area contributed by atoms with Gasteiger partial charge >= 0.3 is 0 Å². The number of hydrogen-bond donors (Lipinski definition) is 1. The smallest absolute Gasteiger partial charge is 0.153 e. The van der Waals surface area contributed by atoms with Crippen molar-refractivity contribution < 1.29 is 5.11 Å². The quantitative estimate of drug-likeness (QED) is 0.922. The van der Waals surface area contributed by atoms with Crippen molar-refractivity contribution in [1.82, 2.24) is 9.38 Å². The van der Waals surface area contributed by atoms with Gasteiger partial charge in [-0.3, -0.25) is 4.40 Å². The third-order valence-electron chi connectivity index (χ3n) is 5.27. The highest BCUT2D eigenvalue weighted by molar-refractivity contribution is 5.56. The SMILES string of the molecule is OCc1c(N2CCCC3CCCCC32)nc2ccccn12. The second-order valence-electron chi connectivity index (χ2n) is 6.42. The van der Waals surface area contributed by atoms with E-state index >= 15 is 0 Å². The first-order valence-corrected chi connectivity index (χ1v) is 8.22. The third-order valence-corrected chi connectivity index (χ3v) is 5.27. The average Bonchev–Trinajstić information content (AvgIpc) is 2.92. The Bertz CT molecular complexity index is 634. The van der Waals surface area contributed by atoms with E-state index in [9.17, 15) is 5.11 Å². The highest BCUT2D eigenvalue weighted by atomic mass is 16.3. The fourth-order valence-electron chi connectivity index (χ4n) is 4.30. The molecule has 0 bridgehead atoms. The van der Waals surface area contributed by atoms with Gasteiger partial charge in [-0.25, -0.2) is 4.98 Å². The van der Waals surface area contributed by atoms with Gasteiger partial charge in [-0.2, -0.15) is 0 Å². The van der Waals surface area contributed by atoms with E-state index in [0.29, 0.717) is 6.04 Å². The number of piperidine rings is 1. The topological polar surface area (TPSA) is 40.8 Å². The number of aromatic nitrogens is 2. The molecule has 2 atom stereocenters. The summed E-state index contributed by atoms with van der Waals surface area (Å²) in [6.45, 7) is 1.13. The molecule has 0 radical (unpaired) electrons. The summed E-state index contributed by atoms with van der Waals surface area (Å²) >= 11 is 0. The Morgan fingerprint density at radius 3 is 2.90 bits per heavy atom. The molecule has 0 amide bonds. The van der Waals surface area contributed by atoms with Gasteiger partial charge in [-0.1, -0.05) is 18.9 Å². The fourth-order valence-corrected chi connectivity index (χ4v) is 4.30. The predicted octanol–water partition coefficient (Wildman–Crippen LogP) is 2.99. The van der Waals surface area contributed by atoms with Gasteiger partial charge < -0.3 is 10.0 Å². The number of pyridine rings is 1. The molecule has 2 aromatic heterocycles. The summed E-state index contributed by atoms with van der Waals surface area (Å²) in [5.74, 6) is 1.84. The summed E-state index contributed by atoms with van der Waals surface area (Å²) < 4.78 is 2.03. The first-order chi connectivity index (χ1) is 10.4. The number of hydrogen-bond acceptors (Lipinski definition) is 3. The number of aliphatic hydroxyl groups excluding tert-OH is 1. The molecular formula is C17H23N3O. The highest BCUT2D eigenvalue weighted by Gasteiger charge is 2.35. The molecule has 112 valence electrons. The maximum absolute atomic E-state index is 9.84. The lowest BCUT2D eigenvalue weighted by molar-refractivity contribution is 0.239. The van der Waals surface area contributed by atoms with Crippen LogP contribution < -0.4 is 4.90 Å². The van der Waals surface area contributed by atoms with Crippen LogP contribution in [0.25, 0.3) is 5.65 Å². The first-order valence-electron chi connectivity index (χ1n) is 8.22. The highest BCUT2D eigenvalue weighted by Crippen LogP contribution is 2.38. The van der Waals surface area contributed by atoms with Crippen molar-refractivity contribution in [3.05, 3.63) is 30.1 Å². The molecule has 0 aromatic carbocycles. The molecule has 2 aliphatic rings. The summed E-state index contributed by atoms with van der Waals surface area (Å²) in [7, 11) is 0. The van der Waals surface area contributed by atoms with E-state index in [1.807, 2.05) is 28.8 Å². The lowest BCUT2D eigenvalue weighted by atomic mass is 9.78. The predicted molar refractivity (Wildman–Crippen MR) is 83.4 cm³/mol. The summed E-state index contributed by atoms with van der Waals surface area (Å²) in [5.41, 5.74) is 1.88. The van der Waals surface area contributed by atoms with Crippen LogP contribution in [0.3, 0.4) is 0 Å². The van der Waals surface area contributed by atoms with E-state index < -0.39 is 0 Å². The van der Waals surface area contributed by atoms with E-state index in [1.54, 1.807) is 0 Å². The van der Waals surface area contributed by atoms with Gasteiger partial charge in [0, 0.05) is 18.8 Å². The van der Waals surface area contributed by atoms with Crippen molar-refractivity contribution in [1.29, 1.82) is 0 Å². The molecular weight excluding hydrogens is 262 g/mol. The molecule has 1 aliphatic heterocycles. The van der Waals surface area contributed by atoms with Crippen molar-refractivity contribution in [3.8, 4) is 0 Å². The van der Waals surface area contributed by atoms with Crippen LogP contribution in [0.5, 0.6) is 0 Å². The molecule has 4 heteroatoms. The van der Waals surface area contributed by atoms with Gasteiger partial charge in [0.15, 0.2) is 5.82 Å². The van der Waals surface area contributed by atoms with Crippen LogP contribution in [-0.4, -0.2) is 27.1 Å². The maximum atomic E-state index is 9.84. The van der Waals surface area contributed by atoms with Crippen molar-refractivity contribution in [3.63, 3.8) is 0 Å². The number of imidazole rings is 1. The monoisotopic (exact) mass is 285 g/mol. The van der Waals surface area contributed by atoms with Crippen molar-refractivity contribution >= 4 is 11.5 Å². The van der Waals surface area contributed by atoms with Crippen LogP contribution in [0.4, 0.5) is 5.82 Å². The van der Waals surface area contributed by atoms with Gasteiger partial charge in [-0.05, 0) is 43.7 Å².